The van der Waals surface area contributed by atoms with E-state index in [1.54, 1.807) is 6.08 Å². The number of H-pyrrole nitrogens is 1. The van der Waals surface area contributed by atoms with Gasteiger partial charge < -0.3 is 10.1 Å². The smallest absolute Gasteiger partial charge is 0.395 e. The fourth-order valence-corrected chi connectivity index (χ4v) is 1.73. The van der Waals surface area contributed by atoms with Gasteiger partial charge in [0.2, 0.25) is 0 Å². The second kappa shape index (κ2) is 5.66. The van der Waals surface area contributed by atoms with E-state index in [9.17, 15) is 20.0 Å². The van der Waals surface area contributed by atoms with Crippen molar-refractivity contribution in [3.8, 4) is 5.88 Å². The van der Waals surface area contributed by atoms with Crippen molar-refractivity contribution in [2.24, 2.45) is 0 Å². The highest BCUT2D eigenvalue weighted by Gasteiger charge is 2.21. The van der Waals surface area contributed by atoms with Gasteiger partial charge in [-0.2, -0.15) is 4.98 Å². The third kappa shape index (κ3) is 3.09. The van der Waals surface area contributed by atoms with Crippen LogP contribution in [0.15, 0.2) is 33.5 Å². The maximum atomic E-state index is 11.4. The van der Waals surface area contributed by atoms with Crippen molar-refractivity contribution in [3.63, 3.8) is 0 Å². The van der Waals surface area contributed by atoms with Crippen molar-refractivity contribution in [1.82, 2.24) is 9.97 Å². The molecule has 0 aliphatic rings. The van der Waals surface area contributed by atoms with Crippen LogP contribution in [0.5, 0.6) is 5.88 Å². The van der Waals surface area contributed by atoms with Crippen molar-refractivity contribution in [2.75, 3.05) is 0 Å². The van der Waals surface area contributed by atoms with Gasteiger partial charge in [0.15, 0.2) is 0 Å². The minimum Gasteiger partial charge on any atom is -0.488 e. The molecule has 0 amide bonds. The molecule has 0 aliphatic heterocycles. The number of nitrogens with zero attached hydrogens (tertiary/aromatic N) is 2. The Bertz CT molecular complexity index is 737. The Morgan fingerprint density at radius 3 is 2.50 bits per heavy atom. The largest absolute Gasteiger partial charge is 0.488 e. The Morgan fingerprint density at radius 1 is 1.30 bits per heavy atom. The van der Waals surface area contributed by atoms with Gasteiger partial charge in [-0.15, -0.1) is 0 Å². The van der Waals surface area contributed by atoms with Crippen LogP contribution in [0.3, 0.4) is 0 Å². The molecule has 8 heteroatoms. The summed E-state index contributed by atoms with van der Waals surface area (Å²) in [4.78, 5) is 26.7. The van der Waals surface area contributed by atoms with Crippen molar-refractivity contribution in [2.45, 2.75) is 0 Å². The fraction of sp³-hybridized carbons (Fsp3) is 0. The first-order valence-electron chi connectivity index (χ1n) is 5.38. The van der Waals surface area contributed by atoms with Crippen LogP contribution in [0.25, 0.3) is 12.2 Å². The highest BCUT2D eigenvalue weighted by Crippen LogP contribution is 2.17. The number of aromatic amines is 1. The van der Waals surface area contributed by atoms with Crippen LogP contribution in [-0.2, 0) is 0 Å². The zero-order valence-corrected chi connectivity index (χ0v) is 11.5. The van der Waals surface area contributed by atoms with Crippen LogP contribution >= 0.6 is 15.9 Å². The maximum absolute atomic E-state index is 11.4. The van der Waals surface area contributed by atoms with E-state index in [2.05, 4.69) is 25.9 Å². The highest BCUT2D eigenvalue weighted by molar-refractivity contribution is 9.10. The Kier molecular flexibility index (Phi) is 3.94. The summed E-state index contributed by atoms with van der Waals surface area (Å²) < 4.78 is 0.925. The molecule has 102 valence electrons. The molecule has 0 bridgehead atoms. The van der Waals surface area contributed by atoms with Gasteiger partial charge in [0.05, 0.1) is 4.92 Å². The first kappa shape index (κ1) is 13.9. The first-order chi connectivity index (χ1) is 9.47. The quantitative estimate of drug-likeness (QED) is 0.659. The van der Waals surface area contributed by atoms with E-state index in [0.29, 0.717) is 0 Å². The number of rotatable bonds is 3. The molecule has 2 rings (SSSR count). The molecule has 2 N–H and O–H groups in total. The predicted molar refractivity (Wildman–Crippen MR) is 76.2 cm³/mol. The third-order valence-corrected chi connectivity index (χ3v) is 2.91. The van der Waals surface area contributed by atoms with E-state index in [1.807, 2.05) is 24.3 Å². The highest BCUT2D eigenvalue weighted by atomic mass is 79.9. The van der Waals surface area contributed by atoms with E-state index >= 15 is 0 Å². The topological polar surface area (TPSA) is 109 Å². The average Bonchev–Trinajstić information content (AvgIpc) is 2.37. The normalized spacial score (nSPS) is 10.8. The first-order valence-corrected chi connectivity index (χ1v) is 6.18. The van der Waals surface area contributed by atoms with Crippen LogP contribution < -0.4 is 5.56 Å². The second-order valence-electron chi connectivity index (χ2n) is 3.77. The van der Waals surface area contributed by atoms with Crippen LogP contribution in [0, 0.1) is 10.1 Å². The molecule has 0 atom stereocenters. The summed E-state index contributed by atoms with van der Waals surface area (Å²) >= 11 is 3.30. The molecular weight excluding hydrogens is 330 g/mol. The molecule has 2 aromatic rings. The SMILES string of the molecule is O=c1[nH]c(/C=C/c2ccc(Br)cc2)nc(O)c1[N+](=O)[O-]. The number of nitro groups is 1. The average molecular weight is 338 g/mol. The molecule has 1 aromatic carbocycles. The van der Waals surface area contributed by atoms with Gasteiger partial charge in [-0.25, -0.2) is 0 Å². The number of hydrogen-bond donors (Lipinski definition) is 2. The van der Waals surface area contributed by atoms with Crippen molar-refractivity contribution in [3.05, 3.63) is 60.6 Å². The molecule has 1 aromatic heterocycles. The Morgan fingerprint density at radius 2 is 1.95 bits per heavy atom. The van der Waals surface area contributed by atoms with Crippen molar-refractivity contribution in [1.29, 1.82) is 0 Å². The molecule has 0 saturated carbocycles. The number of aromatic nitrogens is 2. The lowest BCUT2D eigenvalue weighted by molar-refractivity contribution is -0.387. The van der Waals surface area contributed by atoms with E-state index in [-0.39, 0.29) is 5.82 Å². The molecule has 20 heavy (non-hydrogen) atoms. The minimum absolute atomic E-state index is 0.0287. The summed E-state index contributed by atoms with van der Waals surface area (Å²) in [7, 11) is 0. The summed E-state index contributed by atoms with van der Waals surface area (Å²) in [5, 5.41) is 19.9. The second-order valence-corrected chi connectivity index (χ2v) is 4.68. The van der Waals surface area contributed by atoms with E-state index < -0.39 is 22.0 Å². The zero-order valence-electron chi connectivity index (χ0n) is 9.91. The molecule has 7 nitrogen and oxygen atoms in total. The van der Waals surface area contributed by atoms with Gasteiger partial charge in [0, 0.05) is 4.47 Å². The van der Waals surface area contributed by atoms with Crippen LogP contribution in [0.1, 0.15) is 11.4 Å². The van der Waals surface area contributed by atoms with Crippen molar-refractivity contribution >= 4 is 33.8 Å². The predicted octanol–water partition coefficient (Wildman–Crippen LogP) is 2.32. The molecule has 0 aliphatic carbocycles. The Labute approximate surface area is 120 Å². The lowest BCUT2D eigenvalue weighted by Crippen LogP contribution is -2.14. The van der Waals surface area contributed by atoms with Gasteiger partial charge in [-0.05, 0) is 23.8 Å². The zero-order chi connectivity index (χ0) is 14.7. The van der Waals surface area contributed by atoms with Crippen LogP contribution in [0.2, 0.25) is 0 Å². The molecule has 0 fully saturated rings. The molecule has 1 heterocycles. The molecular formula is C12H8BrN3O4. The lowest BCUT2D eigenvalue weighted by atomic mass is 10.2. The Balaban J connectivity index is 2.33. The summed E-state index contributed by atoms with van der Waals surface area (Å²) in [6, 6.07) is 7.32. The van der Waals surface area contributed by atoms with Crippen LogP contribution in [-0.4, -0.2) is 20.0 Å². The number of benzene rings is 1. The van der Waals surface area contributed by atoms with Gasteiger partial charge in [0.25, 0.3) is 5.88 Å². The number of halogens is 1. The van der Waals surface area contributed by atoms with E-state index in [4.69, 9.17) is 0 Å². The van der Waals surface area contributed by atoms with Gasteiger partial charge in [0.1, 0.15) is 5.82 Å². The summed E-state index contributed by atoms with van der Waals surface area (Å²) in [5.74, 6) is -0.879. The lowest BCUT2D eigenvalue weighted by Gasteiger charge is -1.97. The van der Waals surface area contributed by atoms with Gasteiger partial charge >= 0.3 is 11.2 Å². The monoisotopic (exact) mass is 337 g/mol. The molecule has 0 spiro atoms. The standard InChI is InChI=1S/C12H8BrN3O4/c13-8-4-1-7(2-5-8)3-6-9-14-11(17)10(16(19)20)12(18)15-9/h1-6H,(H2,14,15,17,18)/b6-3+. The van der Waals surface area contributed by atoms with E-state index in [1.165, 1.54) is 6.08 Å². The summed E-state index contributed by atoms with van der Waals surface area (Å²) in [6.45, 7) is 0. The summed E-state index contributed by atoms with van der Waals surface area (Å²) in [5.41, 5.74) is -1.13. The molecule has 0 saturated heterocycles. The Hall–Kier alpha value is -2.48. The summed E-state index contributed by atoms with van der Waals surface area (Å²) in [6.07, 6.45) is 3.09. The van der Waals surface area contributed by atoms with Gasteiger partial charge in [-0.1, -0.05) is 34.1 Å². The molecule has 0 unspecified atom stereocenters. The molecule has 0 radical (unpaired) electrons. The van der Waals surface area contributed by atoms with Crippen LogP contribution in [0.4, 0.5) is 5.69 Å². The van der Waals surface area contributed by atoms with Crippen molar-refractivity contribution < 1.29 is 10.0 Å². The number of nitrogens with one attached hydrogen (secondary N) is 1. The number of hydrogen-bond acceptors (Lipinski definition) is 5. The fourth-order valence-electron chi connectivity index (χ4n) is 1.46. The maximum Gasteiger partial charge on any atom is 0.395 e. The minimum atomic E-state index is -1.00. The van der Waals surface area contributed by atoms with E-state index in [0.717, 1.165) is 10.0 Å². The van der Waals surface area contributed by atoms with Gasteiger partial charge in [-0.3, -0.25) is 14.9 Å². The third-order valence-electron chi connectivity index (χ3n) is 2.38. The number of aromatic hydroxyl groups is 1.